The molecule has 1 saturated heterocycles. The third-order valence-electron chi connectivity index (χ3n) is 3.55. The fraction of sp³-hybridized carbons (Fsp3) is 0.538. The van der Waals surface area contributed by atoms with E-state index in [-0.39, 0.29) is 16.8 Å². The van der Waals surface area contributed by atoms with Crippen LogP contribution in [0.15, 0.2) is 12.1 Å². The van der Waals surface area contributed by atoms with Crippen LogP contribution in [0.1, 0.15) is 23.8 Å². The Labute approximate surface area is 123 Å². The van der Waals surface area contributed by atoms with Crippen LogP contribution in [0.5, 0.6) is 0 Å². The molecule has 0 spiro atoms. The van der Waals surface area contributed by atoms with E-state index in [0.29, 0.717) is 24.2 Å². The molecular formula is C13H17Cl2N3O. The number of likely N-dealkylation sites (N-methyl/N-ethyl adjacent to an activating group) is 1. The summed E-state index contributed by atoms with van der Waals surface area (Å²) >= 11 is 11.9. The number of nitrogens with zero attached hydrogens (tertiary/aromatic N) is 3. The lowest BCUT2D eigenvalue weighted by atomic mass is 10.1. The molecule has 1 fully saturated rings. The molecule has 104 valence electrons. The van der Waals surface area contributed by atoms with Crippen molar-refractivity contribution in [3.63, 3.8) is 0 Å². The molecule has 1 aromatic rings. The zero-order valence-corrected chi connectivity index (χ0v) is 12.6. The Hall–Kier alpha value is -0.840. The van der Waals surface area contributed by atoms with Crippen LogP contribution in [0.25, 0.3) is 0 Å². The molecule has 2 rings (SSSR count). The molecule has 0 aromatic carbocycles. The average Bonchev–Trinajstić information content (AvgIpc) is 2.41. The van der Waals surface area contributed by atoms with Crippen LogP contribution in [0, 0.1) is 0 Å². The monoisotopic (exact) mass is 301 g/mol. The third kappa shape index (κ3) is 3.19. The quantitative estimate of drug-likeness (QED) is 0.788. The van der Waals surface area contributed by atoms with E-state index in [1.54, 1.807) is 17.0 Å². The number of carbonyl (C=O) groups excluding carboxylic acids is 1. The number of amides is 1. The number of carbonyl (C=O) groups is 1. The van der Waals surface area contributed by atoms with Crippen molar-refractivity contribution in [3.8, 4) is 0 Å². The van der Waals surface area contributed by atoms with Crippen molar-refractivity contribution in [2.75, 3.05) is 26.7 Å². The van der Waals surface area contributed by atoms with Crippen LogP contribution in [0.3, 0.4) is 0 Å². The highest BCUT2D eigenvalue weighted by Gasteiger charge is 2.28. The SMILES string of the molecule is CCC1CN(C(=O)c2nc(Cl)ccc2Cl)CCN1C. The van der Waals surface area contributed by atoms with Gasteiger partial charge in [-0.05, 0) is 25.6 Å². The molecule has 19 heavy (non-hydrogen) atoms. The highest BCUT2D eigenvalue weighted by atomic mass is 35.5. The van der Waals surface area contributed by atoms with E-state index in [2.05, 4.69) is 23.9 Å². The maximum absolute atomic E-state index is 12.4. The molecule has 0 N–H and O–H groups in total. The van der Waals surface area contributed by atoms with E-state index in [0.717, 1.165) is 13.0 Å². The fourth-order valence-corrected chi connectivity index (χ4v) is 2.62. The molecule has 1 atom stereocenters. The molecule has 4 nitrogen and oxygen atoms in total. The van der Waals surface area contributed by atoms with Gasteiger partial charge in [-0.1, -0.05) is 30.1 Å². The fourth-order valence-electron chi connectivity index (χ4n) is 2.29. The van der Waals surface area contributed by atoms with Crippen LogP contribution in [0.4, 0.5) is 0 Å². The van der Waals surface area contributed by atoms with Crippen LogP contribution < -0.4 is 0 Å². The van der Waals surface area contributed by atoms with Crippen molar-refractivity contribution in [1.82, 2.24) is 14.8 Å². The predicted octanol–water partition coefficient (Wildman–Crippen LogP) is 2.55. The first-order chi connectivity index (χ1) is 9.02. The Morgan fingerprint density at radius 3 is 2.84 bits per heavy atom. The van der Waals surface area contributed by atoms with Gasteiger partial charge in [0.25, 0.3) is 5.91 Å². The molecular weight excluding hydrogens is 285 g/mol. The highest BCUT2D eigenvalue weighted by molar-refractivity contribution is 6.34. The zero-order chi connectivity index (χ0) is 14.0. The van der Waals surface area contributed by atoms with Gasteiger partial charge in [0.05, 0.1) is 5.02 Å². The molecule has 1 amide bonds. The summed E-state index contributed by atoms with van der Waals surface area (Å²) in [6.07, 6.45) is 1.01. The van der Waals surface area contributed by atoms with Gasteiger partial charge in [-0.15, -0.1) is 0 Å². The molecule has 1 aliphatic rings. The first-order valence-electron chi connectivity index (χ1n) is 6.34. The number of rotatable bonds is 2. The third-order valence-corrected chi connectivity index (χ3v) is 4.07. The summed E-state index contributed by atoms with van der Waals surface area (Å²) in [5.74, 6) is -0.140. The van der Waals surface area contributed by atoms with E-state index >= 15 is 0 Å². The second-order valence-corrected chi connectivity index (χ2v) is 5.55. The largest absolute Gasteiger partial charge is 0.334 e. The lowest BCUT2D eigenvalue weighted by Crippen LogP contribution is -2.53. The number of aromatic nitrogens is 1. The lowest BCUT2D eigenvalue weighted by molar-refractivity contribution is 0.0536. The van der Waals surface area contributed by atoms with Crippen molar-refractivity contribution in [3.05, 3.63) is 28.0 Å². The van der Waals surface area contributed by atoms with Gasteiger partial charge in [-0.3, -0.25) is 9.69 Å². The Morgan fingerprint density at radius 1 is 1.42 bits per heavy atom. The number of piperazine rings is 1. The zero-order valence-electron chi connectivity index (χ0n) is 11.1. The van der Waals surface area contributed by atoms with E-state index in [1.807, 2.05) is 0 Å². The Kier molecular flexibility index (Phi) is 4.66. The van der Waals surface area contributed by atoms with Crippen LogP contribution >= 0.6 is 23.2 Å². The van der Waals surface area contributed by atoms with Gasteiger partial charge in [0.15, 0.2) is 0 Å². The Bertz CT molecular complexity index is 481. The second kappa shape index (κ2) is 6.07. The number of halogens is 2. The summed E-state index contributed by atoms with van der Waals surface area (Å²) in [6.45, 7) is 4.38. The van der Waals surface area contributed by atoms with Crippen LogP contribution in [0.2, 0.25) is 10.2 Å². The molecule has 0 saturated carbocycles. The summed E-state index contributed by atoms with van der Waals surface area (Å²) in [4.78, 5) is 20.6. The molecule has 0 aliphatic carbocycles. The smallest absolute Gasteiger partial charge is 0.274 e. The normalized spacial score (nSPS) is 20.6. The minimum Gasteiger partial charge on any atom is -0.334 e. The average molecular weight is 302 g/mol. The molecule has 6 heteroatoms. The van der Waals surface area contributed by atoms with Gasteiger partial charge in [0.2, 0.25) is 0 Å². The minimum absolute atomic E-state index is 0.140. The molecule has 1 aromatic heterocycles. The van der Waals surface area contributed by atoms with E-state index in [4.69, 9.17) is 23.2 Å². The first kappa shape index (κ1) is 14.6. The van der Waals surface area contributed by atoms with Crippen molar-refractivity contribution >= 4 is 29.1 Å². The van der Waals surface area contributed by atoms with Crippen molar-refractivity contribution in [1.29, 1.82) is 0 Å². The Balaban J connectivity index is 2.18. The molecule has 0 radical (unpaired) electrons. The van der Waals surface area contributed by atoms with Crippen molar-refractivity contribution in [2.24, 2.45) is 0 Å². The minimum atomic E-state index is -0.140. The topological polar surface area (TPSA) is 36.4 Å². The lowest BCUT2D eigenvalue weighted by Gasteiger charge is -2.39. The van der Waals surface area contributed by atoms with Gasteiger partial charge in [-0.2, -0.15) is 0 Å². The van der Waals surface area contributed by atoms with Gasteiger partial charge in [0.1, 0.15) is 10.8 Å². The van der Waals surface area contributed by atoms with Crippen LogP contribution in [-0.4, -0.2) is 53.4 Å². The van der Waals surface area contributed by atoms with E-state index in [1.165, 1.54) is 0 Å². The summed E-state index contributed by atoms with van der Waals surface area (Å²) in [5, 5.41) is 0.635. The molecule has 2 heterocycles. The molecule has 1 aliphatic heterocycles. The molecule has 0 bridgehead atoms. The van der Waals surface area contributed by atoms with Crippen molar-refractivity contribution < 1.29 is 4.79 Å². The van der Waals surface area contributed by atoms with Gasteiger partial charge < -0.3 is 4.90 Å². The number of hydrogen-bond donors (Lipinski definition) is 0. The second-order valence-electron chi connectivity index (χ2n) is 4.76. The summed E-state index contributed by atoms with van der Waals surface area (Å²) in [7, 11) is 2.08. The summed E-state index contributed by atoms with van der Waals surface area (Å²) in [5.41, 5.74) is 0.244. The number of pyridine rings is 1. The molecule has 1 unspecified atom stereocenters. The maximum atomic E-state index is 12.4. The van der Waals surface area contributed by atoms with Gasteiger partial charge in [0, 0.05) is 25.7 Å². The first-order valence-corrected chi connectivity index (χ1v) is 7.10. The van der Waals surface area contributed by atoms with E-state index in [9.17, 15) is 4.79 Å². The predicted molar refractivity (Wildman–Crippen MR) is 76.9 cm³/mol. The maximum Gasteiger partial charge on any atom is 0.274 e. The summed E-state index contributed by atoms with van der Waals surface area (Å²) in [6, 6.07) is 3.58. The standard InChI is InChI=1S/C13H17Cl2N3O/c1-3-9-8-18(7-6-17(9)2)13(19)12-10(14)4-5-11(15)16-12/h4-5,9H,3,6-8H2,1-2H3. The number of hydrogen-bond acceptors (Lipinski definition) is 3. The highest BCUT2D eigenvalue weighted by Crippen LogP contribution is 2.20. The van der Waals surface area contributed by atoms with E-state index < -0.39 is 0 Å². The van der Waals surface area contributed by atoms with Gasteiger partial charge >= 0.3 is 0 Å². The van der Waals surface area contributed by atoms with Crippen LogP contribution in [-0.2, 0) is 0 Å². The van der Waals surface area contributed by atoms with Crippen molar-refractivity contribution in [2.45, 2.75) is 19.4 Å². The Morgan fingerprint density at radius 2 is 2.16 bits per heavy atom. The summed E-state index contributed by atoms with van der Waals surface area (Å²) < 4.78 is 0. The van der Waals surface area contributed by atoms with Gasteiger partial charge in [-0.25, -0.2) is 4.98 Å².